The molecule has 1 amide bonds. The van der Waals surface area contributed by atoms with Crippen LogP contribution >= 0.6 is 11.6 Å². The van der Waals surface area contributed by atoms with Gasteiger partial charge in [-0.2, -0.15) is 0 Å². The standard InChI is InChI=1S/C17H23ClN2O4S/c1-24-15-10-13-5-6-14(11-15)20(13)17(21)7-8-19-25(22,23)16-4-2-3-12(18)9-16/h2-4,9,13-15,19H,5-8,10-11H2,1H3. The highest BCUT2D eigenvalue weighted by molar-refractivity contribution is 7.89. The maximum atomic E-state index is 12.6. The highest BCUT2D eigenvalue weighted by Crippen LogP contribution is 2.37. The Morgan fingerprint density at radius 2 is 2.00 bits per heavy atom. The zero-order valence-electron chi connectivity index (χ0n) is 14.2. The molecule has 1 aromatic rings. The van der Waals surface area contributed by atoms with E-state index in [0.29, 0.717) is 5.02 Å². The fourth-order valence-corrected chi connectivity index (χ4v) is 5.20. The van der Waals surface area contributed by atoms with Gasteiger partial charge in [0, 0.05) is 37.2 Å². The fourth-order valence-electron chi connectivity index (χ4n) is 3.87. The molecular formula is C17H23ClN2O4S. The van der Waals surface area contributed by atoms with Crippen LogP contribution in [-0.4, -0.2) is 51.1 Å². The van der Waals surface area contributed by atoms with Gasteiger partial charge in [0.1, 0.15) is 0 Å². The normalized spacial score (nSPS) is 26.0. The van der Waals surface area contributed by atoms with Gasteiger partial charge in [-0.3, -0.25) is 4.79 Å². The van der Waals surface area contributed by atoms with Crippen LogP contribution in [0.4, 0.5) is 0 Å². The van der Waals surface area contributed by atoms with Crippen molar-refractivity contribution in [3.63, 3.8) is 0 Å². The van der Waals surface area contributed by atoms with E-state index in [0.717, 1.165) is 25.7 Å². The minimum atomic E-state index is -3.66. The second kappa shape index (κ2) is 7.61. The zero-order valence-corrected chi connectivity index (χ0v) is 15.7. The summed E-state index contributed by atoms with van der Waals surface area (Å²) in [6, 6.07) is 6.51. The molecule has 0 spiro atoms. The van der Waals surface area contributed by atoms with Crippen molar-refractivity contribution in [2.24, 2.45) is 0 Å². The van der Waals surface area contributed by atoms with Crippen LogP contribution in [0.25, 0.3) is 0 Å². The summed E-state index contributed by atoms with van der Waals surface area (Å²) in [4.78, 5) is 14.6. The number of ether oxygens (including phenoxy) is 1. The van der Waals surface area contributed by atoms with Crippen molar-refractivity contribution in [2.45, 2.75) is 55.2 Å². The molecule has 2 aliphatic heterocycles. The summed E-state index contributed by atoms with van der Waals surface area (Å²) in [5.41, 5.74) is 0. The maximum absolute atomic E-state index is 12.6. The number of halogens is 1. The molecule has 1 N–H and O–H groups in total. The fraction of sp³-hybridized carbons (Fsp3) is 0.588. The lowest BCUT2D eigenvalue weighted by Crippen LogP contribution is -2.49. The van der Waals surface area contributed by atoms with Crippen LogP contribution < -0.4 is 4.72 Å². The van der Waals surface area contributed by atoms with E-state index < -0.39 is 10.0 Å². The van der Waals surface area contributed by atoms with Crippen molar-refractivity contribution >= 4 is 27.5 Å². The minimum absolute atomic E-state index is 0.0100. The molecule has 8 heteroatoms. The third-order valence-corrected chi connectivity index (χ3v) is 6.74. The quantitative estimate of drug-likeness (QED) is 0.813. The smallest absolute Gasteiger partial charge is 0.240 e. The number of piperidine rings is 1. The predicted molar refractivity (Wildman–Crippen MR) is 94.9 cm³/mol. The van der Waals surface area contributed by atoms with E-state index >= 15 is 0 Å². The third kappa shape index (κ3) is 4.16. The van der Waals surface area contributed by atoms with E-state index in [1.807, 2.05) is 4.90 Å². The highest BCUT2D eigenvalue weighted by Gasteiger charge is 2.42. The van der Waals surface area contributed by atoms with Crippen LogP contribution in [0.15, 0.2) is 29.2 Å². The summed E-state index contributed by atoms with van der Waals surface area (Å²) in [5, 5.41) is 0.358. The molecular weight excluding hydrogens is 364 g/mol. The van der Waals surface area contributed by atoms with Gasteiger partial charge >= 0.3 is 0 Å². The van der Waals surface area contributed by atoms with Gasteiger partial charge in [-0.05, 0) is 43.9 Å². The Labute approximate surface area is 153 Å². The molecule has 2 heterocycles. The lowest BCUT2D eigenvalue weighted by molar-refractivity contribution is -0.137. The molecule has 138 valence electrons. The number of hydrogen-bond acceptors (Lipinski definition) is 4. The lowest BCUT2D eigenvalue weighted by atomic mass is 9.99. The van der Waals surface area contributed by atoms with Crippen LogP contribution in [0.1, 0.15) is 32.1 Å². The van der Waals surface area contributed by atoms with Gasteiger partial charge < -0.3 is 9.64 Å². The van der Waals surface area contributed by atoms with E-state index in [1.165, 1.54) is 12.1 Å². The topological polar surface area (TPSA) is 75.7 Å². The summed E-state index contributed by atoms with van der Waals surface area (Å²) >= 11 is 5.84. The number of amides is 1. The van der Waals surface area contributed by atoms with E-state index in [-0.39, 0.29) is 42.0 Å². The molecule has 0 saturated carbocycles. The first-order chi connectivity index (χ1) is 11.9. The number of hydrogen-bond donors (Lipinski definition) is 1. The van der Waals surface area contributed by atoms with Gasteiger partial charge in [-0.1, -0.05) is 17.7 Å². The monoisotopic (exact) mass is 386 g/mol. The molecule has 0 aliphatic carbocycles. The Kier molecular flexibility index (Phi) is 5.68. The number of carbonyl (C=O) groups excluding carboxylic acids is 1. The second-order valence-electron chi connectivity index (χ2n) is 6.62. The Morgan fingerprint density at radius 3 is 2.60 bits per heavy atom. The number of rotatable bonds is 6. The largest absolute Gasteiger partial charge is 0.381 e. The number of carbonyl (C=O) groups is 1. The average molecular weight is 387 g/mol. The predicted octanol–water partition coefficient (Wildman–Crippen LogP) is 2.18. The van der Waals surface area contributed by atoms with Crippen LogP contribution in [-0.2, 0) is 19.6 Å². The van der Waals surface area contributed by atoms with Crippen LogP contribution in [0.3, 0.4) is 0 Å². The summed E-state index contributed by atoms with van der Waals surface area (Å²) in [6.45, 7) is 0.0807. The molecule has 2 fully saturated rings. The van der Waals surface area contributed by atoms with Crippen molar-refractivity contribution in [3.8, 4) is 0 Å². The van der Waals surface area contributed by atoms with Crippen LogP contribution in [0, 0.1) is 0 Å². The van der Waals surface area contributed by atoms with Crippen LogP contribution in [0.5, 0.6) is 0 Å². The molecule has 25 heavy (non-hydrogen) atoms. The Bertz CT molecular complexity index is 726. The summed E-state index contributed by atoms with van der Waals surface area (Å²) < 4.78 is 32.4. The second-order valence-corrected chi connectivity index (χ2v) is 8.82. The maximum Gasteiger partial charge on any atom is 0.240 e. The number of sulfonamides is 1. The first kappa shape index (κ1) is 18.6. The molecule has 2 saturated heterocycles. The Morgan fingerprint density at radius 1 is 1.32 bits per heavy atom. The van der Waals surface area contributed by atoms with Crippen molar-refractivity contribution in [3.05, 3.63) is 29.3 Å². The van der Waals surface area contributed by atoms with E-state index in [2.05, 4.69) is 4.72 Å². The van der Waals surface area contributed by atoms with Gasteiger partial charge in [0.2, 0.25) is 15.9 Å². The summed E-state index contributed by atoms with van der Waals surface area (Å²) in [6.07, 6.45) is 4.13. The molecule has 2 aliphatic rings. The van der Waals surface area contributed by atoms with Crippen molar-refractivity contribution in [2.75, 3.05) is 13.7 Å². The van der Waals surface area contributed by atoms with Crippen molar-refractivity contribution in [1.82, 2.24) is 9.62 Å². The minimum Gasteiger partial charge on any atom is -0.381 e. The highest BCUT2D eigenvalue weighted by atomic mass is 35.5. The number of fused-ring (bicyclic) bond motifs is 2. The van der Waals surface area contributed by atoms with E-state index in [4.69, 9.17) is 16.3 Å². The molecule has 2 bridgehead atoms. The van der Waals surface area contributed by atoms with Gasteiger partial charge in [0.25, 0.3) is 0 Å². The first-order valence-corrected chi connectivity index (χ1v) is 10.4. The van der Waals surface area contributed by atoms with E-state index in [1.54, 1.807) is 19.2 Å². The SMILES string of the molecule is COC1CC2CCC(C1)N2C(=O)CCNS(=O)(=O)c1cccc(Cl)c1. The molecule has 0 radical (unpaired) electrons. The Balaban J connectivity index is 1.55. The number of benzene rings is 1. The van der Waals surface area contributed by atoms with Crippen molar-refractivity contribution < 1.29 is 17.9 Å². The summed E-state index contributed by atoms with van der Waals surface area (Å²) in [7, 11) is -1.94. The summed E-state index contributed by atoms with van der Waals surface area (Å²) in [5.74, 6) is 0.0100. The molecule has 6 nitrogen and oxygen atoms in total. The van der Waals surface area contributed by atoms with Crippen LogP contribution in [0.2, 0.25) is 5.02 Å². The van der Waals surface area contributed by atoms with Gasteiger partial charge in [0.15, 0.2) is 0 Å². The van der Waals surface area contributed by atoms with Gasteiger partial charge in [0.05, 0.1) is 11.0 Å². The lowest BCUT2D eigenvalue weighted by Gasteiger charge is -2.38. The molecule has 1 aromatic carbocycles. The number of nitrogens with zero attached hydrogens (tertiary/aromatic N) is 1. The van der Waals surface area contributed by atoms with Gasteiger partial charge in [-0.15, -0.1) is 0 Å². The molecule has 3 rings (SSSR count). The van der Waals surface area contributed by atoms with Gasteiger partial charge in [-0.25, -0.2) is 13.1 Å². The van der Waals surface area contributed by atoms with Crippen molar-refractivity contribution in [1.29, 1.82) is 0 Å². The zero-order chi connectivity index (χ0) is 18.0. The third-order valence-electron chi connectivity index (χ3n) is 5.05. The average Bonchev–Trinajstić information content (AvgIpc) is 2.85. The Hall–Kier alpha value is -1.15. The number of methoxy groups -OCH3 is 1. The molecule has 0 aromatic heterocycles. The molecule has 2 atom stereocenters. The first-order valence-electron chi connectivity index (χ1n) is 8.50. The molecule has 2 unspecified atom stereocenters. The number of nitrogens with one attached hydrogen (secondary N) is 1. The van der Waals surface area contributed by atoms with E-state index in [9.17, 15) is 13.2 Å².